The molecule has 0 radical (unpaired) electrons. The van der Waals surface area contributed by atoms with Gasteiger partial charge in [-0.25, -0.2) is 0 Å². The summed E-state index contributed by atoms with van der Waals surface area (Å²) in [6.07, 6.45) is 17.0. The third kappa shape index (κ3) is 2.87. The van der Waals surface area contributed by atoms with Gasteiger partial charge in [0.05, 0.1) is 28.2 Å². The van der Waals surface area contributed by atoms with E-state index in [1.165, 1.54) is 49.7 Å². The first-order valence-corrected chi connectivity index (χ1v) is 18.7. The Morgan fingerprint density at radius 1 is 0.694 bits per heavy atom. The fourth-order valence-corrected chi connectivity index (χ4v) is 21.2. The maximum atomic E-state index is 15.2. The van der Waals surface area contributed by atoms with Crippen LogP contribution in [0.2, 0.25) is 0 Å². The lowest BCUT2D eigenvalue weighted by Gasteiger charge is -2.57. The molecule has 0 aromatic carbocycles. The topological polar surface area (TPSA) is 52.6 Å². The van der Waals surface area contributed by atoms with E-state index in [1.807, 2.05) is 5.82 Å². The molecule has 196 valence electrons. The highest BCUT2D eigenvalue weighted by Crippen LogP contribution is 2.85. The smallest absolute Gasteiger partial charge is 0.230 e. The lowest BCUT2D eigenvalue weighted by Crippen LogP contribution is -2.52. The molecule has 3 heterocycles. The fraction of sp³-hybridized carbons (Fsp3) is 0.867. The minimum absolute atomic E-state index is 0.0763. The van der Waals surface area contributed by atoms with Gasteiger partial charge in [0.15, 0.2) is 0 Å². The second-order valence-corrected chi connectivity index (χ2v) is 20.4. The van der Waals surface area contributed by atoms with E-state index in [-0.39, 0.29) is 34.1 Å². The van der Waals surface area contributed by atoms with E-state index < -0.39 is 14.7 Å². The standard InChI is InChI=1S/C30H42O4P2/c1-17-3-25-28-26(27(17)36(25,32)34-30-13-22-7-23(14-30)9-24(8-22)15-30)18(2)16-35(28,31)33-29-10-19-4-20(11-29)6-21(5-19)12-29/h3,16,19-28H,4-15H2,1-2H3/t19?,20?,21?,22?,23?,24?,25-,26-,27+,28+,29?,30?,35?,36-/m0/s1. The van der Waals surface area contributed by atoms with E-state index in [4.69, 9.17) is 9.05 Å². The van der Waals surface area contributed by atoms with Crippen LogP contribution in [0.3, 0.4) is 0 Å². The summed E-state index contributed by atoms with van der Waals surface area (Å²) in [5.41, 5.74) is 1.58. The van der Waals surface area contributed by atoms with Crippen LogP contribution in [0.5, 0.6) is 0 Å². The summed E-state index contributed by atoms with van der Waals surface area (Å²) in [6, 6.07) is 0. The highest BCUT2D eigenvalue weighted by atomic mass is 31.2. The number of rotatable bonds is 4. The van der Waals surface area contributed by atoms with Crippen LogP contribution < -0.4 is 0 Å². The molecule has 0 aromatic heterocycles. The molecule has 36 heavy (non-hydrogen) atoms. The van der Waals surface area contributed by atoms with E-state index >= 15 is 4.57 Å². The zero-order chi connectivity index (χ0) is 24.2. The van der Waals surface area contributed by atoms with Crippen LogP contribution in [0.25, 0.3) is 0 Å². The van der Waals surface area contributed by atoms with Gasteiger partial charge in [-0.05, 0) is 126 Å². The van der Waals surface area contributed by atoms with Crippen LogP contribution >= 0.6 is 14.7 Å². The Morgan fingerprint density at radius 2 is 1.14 bits per heavy atom. The highest BCUT2D eigenvalue weighted by molar-refractivity contribution is 7.68. The summed E-state index contributed by atoms with van der Waals surface area (Å²) < 4.78 is 44.3. The molecule has 6 atom stereocenters. The molecule has 1 unspecified atom stereocenters. The zero-order valence-electron chi connectivity index (χ0n) is 21.9. The van der Waals surface area contributed by atoms with Gasteiger partial charge < -0.3 is 9.05 Å². The molecular formula is C30H42O4P2. The highest BCUT2D eigenvalue weighted by Gasteiger charge is 2.72. The SMILES string of the molecule is CC1=CP(=O)(OC23CC4CC(CC(C4)C2)C3)[C@H]2[C@@H]1[C@H]1C(C)=C[C@@H]2[P@]1(=O)OC12CC3CC(CC(C3)C1)C2. The average Bonchev–Trinajstić information content (AvgIpc) is 3.24. The van der Waals surface area contributed by atoms with Gasteiger partial charge >= 0.3 is 0 Å². The Labute approximate surface area is 216 Å². The summed E-state index contributed by atoms with van der Waals surface area (Å²) in [5.74, 6) is 6.72. The van der Waals surface area contributed by atoms with Crippen molar-refractivity contribution in [3.05, 3.63) is 23.0 Å². The molecule has 8 aliphatic carbocycles. The summed E-state index contributed by atoms with van der Waals surface area (Å²) in [5, 5.41) is 0. The summed E-state index contributed by atoms with van der Waals surface area (Å²) in [4.78, 5) is 0. The Kier molecular flexibility index (Phi) is 4.37. The minimum Gasteiger partial charge on any atom is -0.321 e. The molecule has 3 aliphatic heterocycles. The van der Waals surface area contributed by atoms with Gasteiger partial charge in [0.25, 0.3) is 0 Å². The molecule has 0 aromatic rings. The van der Waals surface area contributed by atoms with Crippen LogP contribution in [0.15, 0.2) is 23.0 Å². The van der Waals surface area contributed by atoms with Crippen molar-refractivity contribution in [2.75, 3.05) is 0 Å². The van der Waals surface area contributed by atoms with Crippen molar-refractivity contribution in [1.82, 2.24) is 0 Å². The van der Waals surface area contributed by atoms with Crippen molar-refractivity contribution in [2.24, 2.45) is 41.4 Å². The van der Waals surface area contributed by atoms with Crippen LogP contribution in [0.4, 0.5) is 0 Å². The number of fused-ring (bicyclic) bond motifs is 5. The van der Waals surface area contributed by atoms with Gasteiger partial charge in [-0.1, -0.05) is 17.2 Å². The van der Waals surface area contributed by atoms with Gasteiger partial charge in [0.1, 0.15) is 0 Å². The number of hydrogen-bond donors (Lipinski definition) is 0. The minimum atomic E-state index is -3.07. The lowest BCUT2D eigenvalue weighted by molar-refractivity contribution is -0.107. The van der Waals surface area contributed by atoms with Crippen molar-refractivity contribution in [1.29, 1.82) is 0 Å². The van der Waals surface area contributed by atoms with Crippen LogP contribution in [-0.4, -0.2) is 28.2 Å². The van der Waals surface area contributed by atoms with Gasteiger partial charge in [-0.3, -0.25) is 9.13 Å². The molecule has 0 N–H and O–H groups in total. The van der Waals surface area contributed by atoms with Gasteiger partial charge in [0, 0.05) is 11.7 Å². The maximum Gasteiger partial charge on any atom is 0.230 e. The molecule has 0 amide bonds. The summed E-state index contributed by atoms with van der Waals surface area (Å²) >= 11 is 0. The van der Waals surface area contributed by atoms with Crippen molar-refractivity contribution >= 4 is 14.7 Å². The molecule has 11 aliphatic rings. The molecule has 10 bridgehead atoms. The Morgan fingerprint density at radius 3 is 1.61 bits per heavy atom. The van der Waals surface area contributed by atoms with Crippen molar-refractivity contribution in [2.45, 2.75) is 119 Å². The fourth-order valence-electron chi connectivity index (χ4n) is 12.7. The van der Waals surface area contributed by atoms with E-state index in [0.29, 0.717) is 0 Å². The molecular weight excluding hydrogens is 486 g/mol. The van der Waals surface area contributed by atoms with Gasteiger partial charge in [0.2, 0.25) is 14.7 Å². The van der Waals surface area contributed by atoms with Crippen molar-refractivity contribution < 1.29 is 18.2 Å². The molecule has 6 heteroatoms. The zero-order valence-corrected chi connectivity index (χ0v) is 23.7. The predicted octanol–water partition coefficient (Wildman–Crippen LogP) is 8.13. The first-order valence-electron chi connectivity index (χ1n) is 15.1. The van der Waals surface area contributed by atoms with Gasteiger partial charge in [-0.2, -0.15) is 0 Å². The van der Waals surface area contributed by atoms with E-state index in [2.05, 4.69) is 19.9 Å². The lowest BCUT2D eigenvalue weighted by atomic mass is 9.54. The van der Waals surface area contributed by atoms with Crippen LogP contribution in [0, 0.1) is 41.4 Å². The molecule has 1 saturated heterocycles. The largest absolute Gasteiger partial charge is 0.321 e. The first kappa shape index (κ1) is 22.7. The number of hydrogen-bond acceptors (Lipinski definition) is 4. The molecule has 8 saturated carbocycles. The second-order valence-electron chi connectivity index (χ2n) is 15.4. The van der Waals surface area contributed by atoms with Crippen molar-refractivity contribution in [3.8, 4) is 0 Å². The summed E-state index contributed by atoms with van der Waals surface area (Å²) in [6.45, 7) is 4.30. The average molecular weight is 529 g/mol. The maximum absolute atomic E-state index is 15.2. The predicted molar refractivity (Wildman–Crippen MR) is 142 cm³/mol. The molecule has 11 rings (SSSR count). The monoisotopic (exact) mass is 528 g/mol. The Balaban J connectivity index is 1.07. The normalized spacial score (nSPS) is 63.2. The van der Waals surface area contributed by atoms with Gasteiger partial charge in [-0.15, -0.1) is 0 Å². The third-order valence-corrected chi connectivity index (χ3v) is 19.3. The molecule has 9 fully saturated rings. The van der Waals surface area contributed by atoms with Crippen LogP contribution in [-0.2, 0) is 18.2 Å². The number of allylic oxidation sites excluding steroid dienone is 3. The quantitative estimate of drug-likeness (QED) is 0.273. The third-order valence-electron chi connectivity index (χ3n) is 12.7. The summed E-state index contributed by atoms with van der Waals surface area (Å²) in [7, 11) is -6.08. The first-order chi connectivity index (χ1) is 17.1. The van der Waals surface area contributed by atoms with E-state index in [1.54, 1.807) is 0 Å². The van der Waals surface area contributed by atoms with E-state index in [9.17, 15) is 4.57 Å². The van der Waals surface area contributed by atoms with Crippen LogP contribution in [0.1, 0.15) is 90.9 Å². The van der Waals surface area contributed by atoms with Crippen molar-refractivity contribution in [3.63, 3.8) is 0 Å². The molecule has 0 spiro atoms. The Bertz CT molecular complexity index is 1130. The second kappa shape index (κ2) is 6.95. The Hall–Kier alpha value is -0.140. The van der Waals surface area contributed by atoms with E-state index in [0.717, 1.165) is 74.0 Å². The molecule has 4 nitrogen and oxygen atoms in total.